The molecule has 7 heteroatoms. The topological polar surface area (TPSA) is 75.4 Å². The molecule has 7 nitrogen and oxygen atoms in total. The van der Waals surface area contributed by atoms with Gasteiger partial charge in [0.05, 0.1) is 5.92 Å². The van der Waals surface area contributed by atoms with Crippen LogP contribution in [0.15, 0.2) is 43.1 Å². The van der Waals surface area contributed by atoms with Crippen LogP contribution < -0.4 is 10.2 Å². The molecule has 0 aromatic carbocycles. The Balaban J connectivity index is 1.50. The van der Waals surface area contributed by atoms with Crippen LogP contribution in [0.1, 0.15) is 18.4 Å². The number of anilines is 2. The maximum absolute atomic E-state index is 12.6. The minimum Gasteiger partial charge on any atom is -0.353 e. The molecule has 0 bridgehead atoms. The minimum atomic E-state index is -0.0890. The van der Waals surface area contributed by atoms with Crippen molar-refractivity contribution in [1.29, 1.82) is 0 Å². The zero-order valence-corrected chi connectivity index (χ0v) is 14.1. The summed E-state index contributed by atoms with van der Waals surface area (Å²) in [5.41, 5.74) is 1.89. The van der Waals surface area contributed by atoms with Crippen LogP contribution in [0.4, 0.5) is 11.6 Å². The average Bonchev–Trinajstić information content (AvgIpc) is 3.12. The van der Waals surface area contributed by atoms with Crippen LogP contribution in [0, 0.1) is 12.8 Å². The first-order valence-electron chi connectivity index (χ1n) is 8.47. The molecule has 1 atom stereocenters. The van der Waals surface area contributed by atoms with Crippen molar-refractivity contribution in [3.8, 4) is 0 Å². The number of amides is 1. The standard InChI is InChI=1S/C18H20N6O/c1-13-4-5-15(21-11-13)22-18(25)14-3-2-8-24(12-14)17-16-19-6-9-23(16)10-7-20-17/h4-7,9-11,14H,2-3,8,12H2,1H3,(H,21,22,25). The van der Waals surface area contributed by atoms with Gasteiger partial charge in [0.2, 0.25) is 5.91 Å². The molecule has 128 valence electrons. The van der Waals surface area contributed by atoms with E-state index in [1.54, 1.807) is 18.6 Å². The second-order valence-corrected chi connectivity index (χ2v) is 6.40. The third-order valence-electron chi connectivity index (χ3n) is 4.55. The number of pyridine rings is 1. The normalized spacial score (nSPS) is 17.6. The second-order valence-electron chi connectivity index (χ2n) is 6.40. The average molecular weight is 336 g/mol. The van der Waals surface area contributed by atoms with Gasteiger partial charge in [0, 0.05) is 44.1 Å². The van der Waals surface area contributed by atoms with Crippen molar-refractivity contribution in [1.82, 2.24) is 19.4 Å². The number of aromatic nitrogens is 4. The molecule has 0 aliphatic carbocycles. The second kappa shape index (κ2) is 6.51. The Morgan fingerprint density at radius 2 is 2.04 bits per heavy atom. The number of hydrogen-bond acceptors (Lipinski definition) is 5. The predicted octanol–water partition coefficient (Wildman–Crippen LogP) is 2.29. The third kappa shape index (κ3) is 3.17. The van der Waals surface area contributed by atoms with E-state index in [0.29, 0.717) is 12.4 Å². The molecule has 25 heavy (non-hydrogen) atoms. The molecule has 1 unspecified atom stereocenters. The third-order valence-corrected chi connectivity index (χ3v) is 4.55. The Labute approximate surface area is 145 Å². The first-order valence-corrected chi connectivity index (χ1v) is 8.47. The van der Waals surface area contributed by atoms with Crippen molar-refractivity contribution in [3.05, 3.63) is 48.7 Å². The molecule has 4 heterocycles. The van der Waals surface area contributed by atoms with Gasteiger partial charge in [-0.05, 0) is 31.4 Å². The predicted molar refractivity (Wildman–Crippen MR) is 95.5 cm³/mol. The molecule has 1 aliphatic heterocycles. The Bertz CT molecular complexity index is 888. The zero-order chi connectivity index (χ0) is 17.2. The van der Waals surface area contributed by atoms with Gasteiger partial charge in [-0.15, -0.1) is 0 Å². The van der Waals surface area contributed by atoms with Gasteiger partial charge in [0.1, 0.15) is 5.82 Å². The fraction of sp³-hybridized carbons (Fsp3) is 0.333. The molecule has 3 aromatic rings. The molecule has 1 fully saturated rings. The highest BCUT2D eigenvalue weighted by Gasteiger charge is 2.28. The van der Waals surface area contributed by atoms with Crippen LogP contribution in [-0.2, 0) is 4.79 Å². The van der Waals surface area contributed by atoms with Crippen molar-refractivity contribution >= 4 is 23.2 Å². The summed E-state index contributed by atoms with van der Waals surface area (Å²) in [6, 6.07) is 3.78. The van der Waals surface area contributed by atoms with Gasteiger partial charge in [-0.2, -0.15) is 0 Å². The summed E-state index contributed by atoms with van der Waals surface area (Å²) in [5, 5.41) is 2.93. The summed E-state index contributed by atoms with van der Waals surface area (Å²) in [4.78, 5) is 27.9. The first kappa shape index (κ1) is 15.6. The van der Waals surface area contributed by atoms with E-state index in [2.05, 4.69) is 25.2 Å². The highest BCUT2D eigenvalue weighted by Crippen LogP contribution is 2.25. The highest BCUT2D eigenvalue weighted by molar-refractivity contribution is 5.92. The molecule has 1 amide bonds. The minimum absolute atomic E-state index is 0.0105. The van der Waals surface area contributed by atoms with Gasteiger partial charge in [0.25, 0.3) is 0 Å². The Morgan fingerprint density at radius 1 is 1.20 bits per heavy atom. The van der Waals surface area contributed by atoms with Crippen molar-refractivity contribution < 1.29 is 4.79 Å². The maximum atomic E-state index is 12.6. The number of carbonyl (C=O) groups is 1. The number of aryl methyl sites for hydroxylation is 1. The lowest BCUT2D eigenvalue weighted by Gasteiger charge is -2.32. The van der Waals surface area contributed by atoms with E-state index >= 15 is 0 Å². The van der Waals surface area contributed by atoms with Crippen molar-refractivity contribution in [2.45, 2.75) is 19.8 Å². The number of fused-ring (bicyclic) bond motifs is 1. The molecular formula is C18H20N6O. The summed E-state index contributed by atoms with van der Waals surface area (Å²) in [6.07, 6.45) is 10.9. The monoisotopic (exact) mass is 336 g/mol. The SMILES string of the molecule is Cc1ccc(NC(=O)C2CCCN(c3nccn4ccnc34)C2)nc1. The summed E-state index contributed by atoms with van der Waals surface area (Å²) in [5.74, 6) is 1.35. The van der Waals surface area contributed by atoms with Crippen LogP contribution >= 0.6 is 0 Å². The van der Waals surface area contributed by atoms with Crippen LogP contribution in [0.2, 0.25) is 0 Å². The molecule has 0 saturated carbocycles. The molecular weight excluding hydrogens is 316 g/mol. The lowest BCUT2D eigenvalue weighted by molar-refractivity contribution is -0.120. The number of piperidine rings is 1. The van der Waals surface area contributed by atoms with E-state index in [1.807, 2.05) is 35.9 Å². The molecule has 4 rings (SSSR count). The quantitative estimate of drug-likeness (QED) is 0.794. The number of rotatable bonds is 3. The molecule has 0 spiro atoms. The molecule has 1 N–H and O–H groups in total. The van der Waals surface area contributed by atoms with Gasteiger partial charge in [0.15, 0.2) is 11.5 Å². The lowest BCUT2D eigenvalue weighted by atomic mass is 9.97. The first-order chi connectivity index (χ1) is 12.2. The number of nitrogens with one attached hydrogen (secondary N) is 1. The Kier molecular flexibility index (Phi) is 4.05. The number of nitrogens with zero attached hydrogens (tertiary/aromatic N) is 5. The van der Waals surface area contributed by atoms with Gasteiger partial charge >= 0.3 is 0 Å². The summed E-state index contributed by atoms with van der Waals surface area (Å²) >= 11 is 0. The van der Waals surface area contributed by atoms with Crippen LogP contribution in [0.3, 0.4) is 0 Å². The largest absolute Gasteiger partial charge is 0.353 e. The van der Waals surface area contributed by atoms with Crippen LogP contribution in [-0.4, -0.2) is 38.3 Å². The lowest BCUT2D eigenvalue weighted by Crippen LogP contribution is -2.41. The van der Waals surface area contributed by atoms with Crippen molar-refractivity contribution in [2.75, 3.05) is 23.3 Å². The van der Waals surface area contributed by atoms with Gasteiger partial charge in [-0.3, -0.25) is 4.79 Å². The van der Waals surface area contributed by atoms with E-state index in [1.165, 1.54) is 0 Å². The molecule has 0 radical (unpaired) electrons. The Morgan fingerprint density at radius 3 is 2.84 bits per heavy atom. The maximum Gasteiger partial charge on any atom is 0.230 e. The molecule has 3 aromatic heterocycles. The fourth-order valence-corrected chi connectivity index (χ4v) is 3.22. The van der Waals surface area contributed by atoms with Gasteiger partial charge < -0.3 is 14.6 Å². The summed E-state index contributed by atoms with van der Waals surface area (Å²) in [6.45, 7) is 3.49. The van der Waals surface area contributed by atoms with E-state index < -0.39 is 0 Å². The van der Waals surface area contributed by atoms with Gasteiger partial charge in [-0.25, -0.2) is 15.0 Å². The van der Waals surface area contributed by atoms with Crippen LogP contribution in [0.25, 0.3) is 5.65 Å². The van der Waals surface area contributed by atoms with E-state index in [9.17, 15) is 4.79 Å². The van der Waals surface area contributed by atoms with E-state index in [4.69, 9.17) is 0 Å². The van der Waals surface area contributed by atoms with Crippen LogP contribution in [0.5, 0.6) is 0 Å². The number of imidazole rings is 1. The van der Waals surface area contributed by atoms with Crippen molar-refractivity contribution in [3.63, 3.8) is 0 Å². The number of carbonyl (C=O) groups excluding carboxylic acids is 1. The highest BCUT2D eigenvalue weighted by atomic mass is 16.2. The smallest absolute Gasteiger partial charge is 0.230 e. The van der Waals surface area contributed by atoms with E-state index in [0.717, 1.165) is 36.4 Å². The molecule has 1 saturated heterocycles. The van der Waals surface area contributed by atoms with Crippen molar-refractivity contribution in [2.24, 2.45) is 5.92 Å². The fourth-order valence-electron chi connectivity index (χ4n) is 3.22. The number of hydrogen-bond donors (Lipinski definition) is 1. The summed E-state index contributed by atoms with van der Waals surface area (Å²) in [7, 11) is 0. The molecule has 1 aliphatic rings. The zero-order valence-electron chi connectivity index (χ0n) is 14.1. The Hall–Kier alpha value is -2.96. The van der Waals surface area contributed by atoms with Gasteiger partial charge in [-0.1, -0.05) is 6.07 Å². The van der Waals surface area contributed by atoms with E-state index in [-0.39, 0.29) is 11.8 Å². The summed E-state index contributed by atoms with van der Waals surface area (Å²) < 4.78 is 1.95.